The van der Waals surface area contributed by atoms with E-state index < -0.39 is 0 Å². The van der Waals surface area contributed by atoms with Crippen molar-refractivity contribution in [3.8, 4) is 0 Å². The monoisotopic (exact) mass is 400 g/mol. The van der Waals surface area contributed by atoms with Crippen molar-refractivity contribution in [1.82, 2.24) is 9.88 Å². The quantitative estimate of drug-likeness (QED) is 0.716. The molecule has 1 aliphatic carbocycles. The van der Waals surface area contributed by atoms with E-state index in [4.69, 9.17) is 4.99 Å². The van der Waals surface area contributed by atoms with Crippen LogP contribution in [0.15, 0.2) is 23.2 Å². The molecular weight excluding hydrogens is 371 g/mol. The van der Waals surface area contributed by atoms with Crippen molar-refractivity contribution in [3.05, 3.63) is 29.7 Å². The van der Waals surface area contributed by atoms with Gasteiger partial charge in [0.25, 0.3) is 0 Å². The number of likely N-dealkylation sites (tertiary alicyclic amines) is 1. The van der Waals surface area contributed by atoms with Crippen LogP contribution in [-0.2, 0) is 0 Å². The number of nitrogens with one attached hydrogen (secondary N) is 2. The molecule has 5 rings (SSSR count). The van der Waals surface area contributed by atoms with Gasteiger partial charge in [0.05, 0.1) is 22.9 Å². The SMILES string of the molecule is Fc1cc(NC2CCCC2)c2[nH]c(C3=NC(CCN4CCCC4)CS3)cc2c1. The van der Waals surface area contributed by atoms with Gasteiger partial charge in [-0.15, -0.1) is 11.8 Å². The van der Waals surface area contributed by atoms with Crippen LogP contribution >= 0.6 is 11.8 Å². The van der Waals surface area contributed by atoms with E-state index in [0.717, 1.165) is 46.0 Å². The summed E-state index contributed by atoms with van der Waals surface area (Å²) in [5, 5.41) is 5.57. The van der Waals surface area contributed by atoms with E-state index in [1.807, 2.05) is 11.8 Å². The molecule has 28 heavy (non-hydrogen) atoms. The van der Waals surface area contributed by atoms with Gasteiger partial charge in [0.2, 0.25) is 0 Å². The van der Waals surface area contributed by atoms with Gasteiger partial charge in [-0.3, -0.25) is 4.99 Å². The summed E-state index contributed by atoms with van der Waals surface area (Å²) in [6, 6.07) is 6.18. The third kappa shape index (κ3) is 3.94. The molecule has 2 aliphatic heterocycles. The van der Waals surface area contributed by atoms with Gasteiger partial charge in [-0.2, -0.15) is 0 Å². The Morgan fingerprint density at radius 3 is 2.79 bits per heavy atom. The van der Waals surface area contributed by atoms with Crippen LogP contribution in [0.3, 0.4) is 0 Å². The molecular formula is C22H29FN4S. The maximum Gasteiger partial charge on any atom is 0.126 e. The van der Waals surface area contributed by atoms with Gasteiger partial charge in [-0.25, -0.2) is 4.39 Å². The predicted octanol–water partition coefficient (Wildman–Crippen LogP) is 5.01. The highest BCUT2D eigenvalue weighted by Gasteiger charge is 2.23. The largest absolute Gasteiger partial charge is 0.381 e. The molecule has 1 aromatic carbocycles. The number of aromatic amines is 1. The van der Waals surface area contributed by atoms with Crippen molar-refractivity contribution < 1.29 is 4.39 Å². The molecule has 1 unspecified atom stereocenters. The van der Waals surface area contributed by atoms with Crippen LogP contribution in [0, 0.1) is 5.82 Å². The Labute approximate surface area is 170 Å². The van der Waals surface area contributed by atoms with Crippen molar-refractivity contribution in [3.63, 3.8) is 0 Å². The van der Waals surface area contributed by atoms with E-state index in [1.54, 1.807) is 12.1 Å². The summed E-state index contributed by atoms with van der Waals surface area (Å²) in [5.74, 6) is 0.878. The van der Waals surface area contributed by atoms with Crippen molar-refractivity contribution in [2.24, 2.45) is 4.99 Å². The minimum atomic E-state index is -0.178. The lowest BCUT2D eigenvalue weighted by Gasteiger charge is -2.15. The number of anilines is 1. The zero-order valence-electron chi connectivity index (χ0n) is 16.3. The van der Waals surface area contributed by atoms with E-state index in [-0.39, 0.29) is 5.82 Å². The average Bonchev–Trinajstić information content (AvgIpc) is 3.45. The number of fused-ring (bicyclic) bond motifs is 1. The van der Waals surface area contributed by atoms with E-state index in [0.29, 0.717) is 12.1 Å². The minimum absolute atomic E-state index is 0.178. The Hall–Kier alpha value is -1.53. The normalized spacial score (nSPS) is 23.8. The van der Waals surface area contributed by atoms with Gasteiger partial charge >= 0.3 is 0 Å². The zero-order valence-corrected chi connectivity index (χ0v) is 17.2. The van der Waals surface area contributed by atoms with Crippen LogP contribution in [0.25, 0.3) is 10.9 Å². The number of rotatable bonds is 6. The Kier molecular flexibility index (Phi) is 5.33. The summed E-state index contributed by atoms with van der Waals surface area (Å²) in [6.45, 7) is 3.66. The molecule has 1 saturated carbocycles. The van der Waals surface area contributed by atoms with Crippen molar-refractivity contribution in [2.75, 3.05) is 30.7 Å². The number of aliphatic imine (C=N–C) groups is 1. The molecule has 4 nitrogen and oxygen atoms in total. The van der Waals surface area contributed by atoms with Gasteiger partial charge in [0.1, 0.15) is 10.9 Å². The highest BCUT2D eigenvalue weighted by molar-refractivity contribution is 8.14. The van der Waals surface area contributed by atoms with Gasteiger partial charge in [0, 0.05) is 23.7 Å². The summed E-state index contributed by atoms with van der Waals surface area (Å²) in [5.41, 5.74) is 2.93. The third-order valence-electron chi connectivity index (χ3n) is 6.33. The van der Waals surface area contributed by atoms with E-state index in [2.05, 4.69) is 21.3 Å². The first-order chi connectivity index (χ1) is 13.7. The van der Waals surface area contributed by atoms with Crippen LogP contribution in [-0.4, -0.2) is 52.4 Å². The average molecular weight is 401 g/mol. The van der Waals surface area contributed by atoms with Crippen molar-refractivity contribution >= 4 is 33.4 Å². The van der Waals surface area contributed by atoms with Crippen LogP contribution in [0.5, 0.6) is 0 Å². The van der Waals surface area contributed by atoms with Crippen LogP contribution < -0.4 is 5.32 Å². The number of halogens is 1. The first kappa shape index (κ1) is 18.5. The molecule has 2 aromatic rings. The second kappa shape index (κ2) is 8.07. The summed E-state index contributed by atoms with van der Waals surface area (Å²) < 4.78 is 14.2. The first-order valence-corrected chi connectivity index (χ1v) is 11.8. The van der Waals surface area contributed by atoms with Gasteiger partial charge < -0.3 is 15.2 Å². The summed E-state index contributed by atoms with van der Waals surface area (Å²) >= 11 is 1.83. The second-order valence-electron chi connectivity index (χ2n) is 8.46. The van der Waals surface area contributed by atoms with E-state index in [9.17, 15) is 4.39 Å². The Morgan fingerprint density at radius 2 is 1.96 bits per heavy atom. The standard InChI is InChI=1S/C22H29FN4S/c23-16-11-15-12-20(26-21(15)19(13-16)24-17-5-1-2-6-17)22-25-18(14-28-22)7-10-27-8-3-4-9-27/h11-13,17-18,24,26H,1-10,14H2. The van der Waals surface area contributed by atoms with E-state index >= 15 is 0 Å². The van der Waals surface area contributed by atoms with Gasteiger partial charge in [-0.05, 0) is 63.4 Å². The number of aromatic nitrogens is 1. The lowest BCUT2D eigenvalue weighted by atomic mass is 10.2. The molecule has 1 atom stereocenters. The Morgan fingerprint density at radius 1 is 1.14 bits per heavy atom. The molecule has 6 heteroatoms. The molecule has 1 saturated heterocycles. The topological polar surface area (TPSA) is 43.4 Å². The smallest absolute Gasteiger partial charge is 0.126 e. The molecule has 0 radical (unpaired) electrons. The van der Waals surface area contributed by atoms with Crippen LogP contribution in [0.2, 0.25) is 0 Å². The van der Waals surface area contributed by atoms with E-state index in [1.165, 1.54) is 51.6 Å². The molecule has 0 amide bonds. The highest BCUT2D eigenvalue weighted by atomic mass is 32.2. The van der Waals surface area contributed by atoms with Crippen molar-refractivity contribution in [2.45, 2.75) is 57.0 Å². The molecule has 150 valence electrons. The van der Waals surface area contributed by atoms with Crippen LogP contribution in [0.4, 0.5) is 10.1 Å². The van der Waals surface area contributed by atoms with Crippen molar-refractivity contribution in [1.29, 1.82) is 0 Å². The van der Waals surface area contributed by atoms with Gasteiger partial charge in [-0.1, -0.05) is 12.8 Å². The maximum absolute atomic E-state index is 14.2. The Bertz CT molecular complexity index is 865. The number of thioether (sulfide) groups is 1. The fraction of sp³-hybridized carbons (Fsp3) is 0.591. The number of nitrogens with zero attached hydrogens (tertiary/aromatic N) is 2. The Balaban J connectivity index is 1.33. The maximum atomic E-state index is 14.2. The lowest BCUT2D eigenvalue weighted by molar-refractivity contribution is 0.326. The van der Waals surface area contributed by atoms with Gasteiger partial charge in [0.15, 0.2) is 0 Å². The van der Waals surface area contributed by atoms with Crippen LogP contribution in [0.1, 0.15) is 50.6 Å². The third-order valence-corrected chi connectivity index (χ3v) is 7.48. The molecule has 0 spiro atoms. The molecule has 0 bridgehead atoms. The minimum Gasteiger partial charge on any atom is -0.381 e. The number of hydrogen-bond acceptors (Lipinski definition) is 4. The fourth-order valence-electron chi connectivity index (χ4n) is 4.78. The fourth-order valence-corrected chi connectivity index (χ4v) is 5.86. The molecule has 2 N–H and O–H groups in total. The molecule has 3 aliphatic rings. The number of benzene rings is 1. The summed E-state index contributed by atoms with van der Waals surface area (Å²) in [4.78, 5) is 11.1. The predicted molar refractivity (Wildman–Crippen MR) is 117 cm³/mol. The second-order valence-corrected chi connectivity index (χ2v) is 9.47. The number of H-pyrrole nitrogens is 1. The zero-order chi connectivity index (χ0) is 18.9. The molecule has 3 heterocycles. The first-order valence-electron chi connectivity index (χ1n) is 10.8. The molecule has 2 fully saturated rings. The summed E-state index contributed by atoms with van der Waals surface area (Å²) in [6.07, 6.45) is 8.70. The highest BCUT2D eigenvalue weighted by Crippen LogP contribution is 2.32. The summed E-state index contributed by atoms with van der Waals surface area (Å²) in [7, 11) is 0. The molecule has 1 aromatic heterocycles. The number of hydrogen-bond donors (Lipinski definition) is 2. The lowest BCUT2D eigenvalue weighted by Crippen LogP contribution is -2.23.